The van der Waals surface area contributed by atoms with Gasteiger partial charge in [-0.2, -0.15) is 0 Å². The van der Waals surface area contributed by atoms with Gasteiger partial charge in [0.05, 0.1) is 9.82 Å². The molecule has 20 heavy (non-hydrogen) atoms. The number of nitro benzene ring substituents is 1. The number of sulfonamides is 1. The number of benzene rings is 1. The SMILES string of the molecule is O=[N+]([O-])c1cccc(S(=O)(=O)N2C[NH+]3CC[NH+](C2)C3)c1. The highest BCUT2D eigenvalue weighted by atomic mass is 32.2. The Kier molecular flexibility index (Phi) is 3.21. The summed E-state index contributed by atoms with van der Waals surface area (Å²) in [6.45, 7) is 3.76. The van der Waals surface area contributed by atoms with Crippen molar-refractivity contribution in [2.75, 3.05) is 33.1 Å². The summed E-state index contributed by atoms with van der Waals surface area (Å²) in [5, 5.41) is 10.8. The third-order valence-corrected chi connectivity index (χ3v) is 5.59. The highest BCUT2D eigenvalue weighted by molar-refractivity contribution is 7.89. The standard InChI is InChI=1S/C11H14N4O4S/c16-15(17)10-2-1-3-11(6-10)20(18,19)14-8-12-4-5-13(7-12)9-14/h1-3,6H,4-5,7-9H2/p+2. The van der Waals surface area contributed by atoms with Gasteiger partial charge in [-0.15, -0.1) is 0 Å². The van der Waals surface area contributed by atoms with Crippen molar-refractivity contribution in [3.8, 4) is 0 Å². The summed E-state index contributed by atoms with van der Waals surface area (Å²) in [4.78, 5) is 12.6. The molecule has 2 atom stereocenters. The first kappa shape index (κ1) is 13.4. The van der Waals surface area contributed by atoms with Crippen LogP contribution in [-0.2, 0) is 10.0 Å². The van der Waals surface area contributed by atoms with Crippen molar-refractivity contribution in [2.45, 2.75) is 4.90 Å². The molecule has 2 bridgehead atoms. The van der Waals surface area contributed by atoms with Gasteiger partial charge in [-0.1, -0.05) is 10.4 Å². The molecule has 2 aliphatic rings. The Hall–Kier alpha value is -1.55. The molecule has 8 nitrogen and oxygen atoms in total. The molecule has 1 aromatic carbocycles. The summed E-state index contributed by atoms with van der Waals surface area (Å²) in [7, 11) is -3.66. The first-order valence-corrected chi connectivity index (χ1v) is 7.82. The number of nitrogens with one attached hydrogen (secondary N) is 2. The quantitative estimate of drug-likeness (QED) is 0.468. The second kappa shape index (κ2) is 4.77. The molecule has 3 rings (SSSR count). The Balaban J connectivity index is 1.92. The number of nitrogens with zero attached hydrogens (tertiary/aromatic N) is 2. The average Bonchev–Trinajstić information content (AvgIpc) is 2.77. The fraction of sp³-hybridized carbons (Fsp3) is 0.455. The zero-order chi connectivity index (χ0) is 14.3. The minimum absolute atomic E-state index is 0.00537. The minimum atomic E-state index is -3.66. The Morgan fingerprint density at radius 2 is 1.85 bits per heavy atom. The van der Waals surface area contributed by atoms with Gasteiger partial charge in [0.1, 0.15) is 13.1 Å². The second-order valence-corrected chi connectivity index (χ2v) is 7.14. The van der Waals surface area contributed by atoms with Crippen LogP contribution in [0.2, 0.25) is 0 Å². The molecule has 108 valence electrons. The van der Waals surface area contributed by atoms with Crippen LogP contribution in [-0.4, -0.2) is 50.7 Å². The number of fused-ring (bicyclic) bond motifs is 2. The number of non-ortho nitro benzene ring substituents is 1. The van der Waals surface area contributed by atoms with E-state index in [2.05, 4.69) is 0 Å². The Morgan fingerprint density at radius 3 is 2.45 bits per heavy atom. The normalized spacial score (nSPS) is 26.6. The van der Waals surface area contributed by atoms with Crippen molar-refractivity contribution < 1.29 is 23.1 Å². The molecule has 0 amide bonds. The fourth-order valence-corrected chi connectivity index (χ4v) is 4.31. The number of quaternary nitrogens is 2. The lowest BCUT2D eigenvalue weighted by Crippen LogP contribution is -3.28. The summed E-state index contributed by atoms with van der Waals surface area (Å²) in [6, 6.07) is 5.24. The van der Waals surface area contributed by atoms with Gasteiger partial charge in [-0.3, -0.25) is 19.9 Å². The molecule has 2 heterocycles. The minimum Gasteiger partial charge on any atom is -0.270 e. The molecule has 0 saturated carbocycles. The first-order chi connectivity index (χ1) is 9.46. The molecule has 2 unspecified atom stereocenters. The van der Waals surface area contributed by atoms with Crippen molar-refractivity contribution in [3.63, 3.8) is 0 Å². The average molecular weight is 300 g/mol. The van der Waals surface area contributed by atoms with E-state index >= 15 is 0 Å². The van der Waals surface area contributed by atoms with Gasteiger partial charge in [0.2, 0.25) is 6.67 Å². The third kappa shape index (κ3) is 2.29. The van der Waals surface area contributed by atoms with E-state index in [0.717, 1.165) is 25.8 Å². The van der Waals surface area contributed by atoms with Crippen molar-refractivity contribution in [1.82, 2.24) is 4.31 Å². The van der Waals surface area contributed by atoms with Crippen molar-refractivity contribution >= 4 is 15.7 Å². The van der Waals surface area contributed by atoms with E-state index in [0.29, 0.717) is 13.3 Å². The van der Waals surface area contributed by atoms with E-state index in [1.807, 2.05) is 0 Å². The van der Waals surface area contributed by atoms with Gasteiger partial charge in [0.25, 0.3) is 15.7 Å². The fourth-order valence-electron chi connectivity index (χ4n) is 2.79. The molecule has 0 spiro atoms. The maximum absolute atomic E-state index is 12.6. The van der Waals surface area contributed by atoms with E-state index in [1.54, 1.807) is 0 Å². The molecular weight excluding hydrogens is 284 g/mol. The van der Waals surface area contributed by atoms with Crippen LogP contribution in [0.4, 0.5) is 5.69 Å². The van der Waals surface area contributed by atoms with Crippen LogP contribution in [0.1, 0.15) is 0 Å². The van der Waals surface area contributed by atoms with Gasteiger partial charge in [-0.05, 0) is 6.07 Å². The van der Waals surface area contributed by atoms with E-state index in [-0.39, 0.29) is 10.6 Å². The first-order valence-electron chi connectivity index (χ1n) is 6.38. The zero-order valence-corrected chi connectivity index (χ0v) is 11.6. The lowest BCUT2D eigenvalue weighted by molar-refractivity contribution is -1.06. The molecule has 2 fully saturated rings. The molecule has 9 heteroatoms. The number of nitro groups is 1. The maximum atomic E-state index is 12.6. The Labute approximate surface area is 116 Å². The van der Waals surface area contributed by atoms with Gasteiger partial charge >= 0.3 is 0 Å². The van der Waals surface area contributed by atoms with Crippen molar-refractivity contribution in [1.29, 1.82) is 0 Å². The molecule has 2 saturated heterocycles. The molecule has 1 aromatic rings. The molecule has 2 N–H and O–H groups in total. The zero-order valence-electron chi connectivity index (χ0n) is 10.8. The molecule has 0 radical (unpaired) electrons. The van der Waals surface area contributed by atoms with Crippen LogP contribution in [0.3, 0.4) is 0 Å². The van der Waals surface area contributed by atoms with Gasteiger partial charge in [0, 0.05) is 12.1 Å². The summed E-state index contributed by atoms with van der Waals surface area (Å²) < 4.78 is 26.5. The predicted octanol–water partition coefficient (Wildman–Crippen LogP) is -2.74. The van der Waals surface area contributed by atoms with Crippen molar-refractivity contribution in [3.05, 3.63) is 34.4 Å². The van der Waals surface area contributed by atoms with E-state index in [1.165, 1.54) is 32.3 Å². The monoisotopic (exact) mass is 300 g/mol. The summed E-state index contributed by atoms with van der Waals surface area (Å²) in [5.41, 5.74) is -0.202. The highest BCUT2D eigenvalue weighted by Crippen LogP contribution is 2.20. The summed E-state index contributed by atoms with van der Waals surface area (Å²) in [6.07, 6.45) is 0. The van der Waals surface area contributed by atoms with Crippen LogP contribution < -0.4 is 9.80 Å². The topological polar surface area (TPSA) is 89.4 Å². The number of hydrogen-bond donors (Lipinski definition) is 2. The van der Waals surface area contributed by atoms with Crippen molar-refractivity contribution in [2.24, 2.45) is 0 Å². The molecule has 2 aliphatic heterocycles. The van der Waals surface area contributed by atoms with Crippen LogP contribution >= 0.6 is 0 Å². The lowest BCUT2D eigenvalue weighted by atomic mass is 10.3. The van der Waals surface area contributed by atoms with E-state index in [9.17, 15) is 18.5 Å². The van der Waals surface area contributed by atoms with Crippen LogP contribution in [0.25, 0.3) is 0 Å². The van der Waals surface area contributed by atoms with Crippen LogP contribution in [0, 0.1) is 10.1 Å². The largest absolute Gasteiger partial charge is 0.270 e. The van der Waals surface area contributed by atoms with Gasteiger partial charge in [0.15, 0.2) is 13.3 Å². The van der Waals surface area contributed by atoms with Gasteiger partial charge in [-0.25, -0.2) is 8.42 Å². The van der Waals surface area contributed by atoms with E-state index in [4.69, 9.17) is 0 Å². The maximum Gasteiger partial charge on any atom is 0.270 e. The molecule has 0 aliphatic carbocycles. The van der Waals surface area contributed by atoms with Crippen LogP contribution in [0.5, 0.6) is 0 Å². The third-order valence-electron chi connectivity index (χ3n) is 3.80. The summed E-state index contributed by atoms with van der Waals surface area (Å²) >= 11 is 0. The molecule has 0 aromatic heterocycles. The smallest absolute Gasteiger partial charge is 0.270 e. The van der Waals surface area contributed by atoms with E-state index < -0.39 is 14.9 Å². The lowest BCUT2D eigenvalue weighted by Gasteiger charge is -2.28. The molecular formula is C11H16N4O4S+2. The van der Waals surface area contributed by atoms with Crippen LogP contribution in [0.15, 0.2) is 29.2 Å². The van der Waals surface area contributed by atoms with Gasteiger partial charge < -0.3 is 0 Å². The number of hydrogen-bond acceptors (Lipinski definition) is 4. The number of rotatable bonds is 3. The Morgan fingerprint density at radius 1 is 1.20 bits per heavy atom. The second-order valence-electron chi connectivity index (χ2n) is 5.20. The predicted molar refractivity (Wildman–Crippen MR) is 68.4 cm³/mol. The Bertz CT molecular complexity index is 636. The highest BCUT2D eigenvalue weighted by Gasteiger charge is 2.41. The summed E-state index contributed by atoms with van der Waals surface area (Å²) in [5.74, 6) is 0.